The number of tetrazole rings is 1. The van der Waals surface area contributed by atoms with E-state index in [1.54, 1.807) is 23.6 Å². The summed E-state index contributed by atoms with van der Waals surface area (Å²) in [6, 6.07) is 11.6. The lowest BCUT2D eigenvalue weighted by Crippen LogP contribution is -2.17. The molecular formula is C19H21BrClN5O2S. The van der Waals surface area contributed by atoms with Crippen LogP contribution in [0.15, 0.2) is 46.0 Å². The largest absolute Gasteiger partial charge is 0.493 e. The maximum absolute atomic E-state index is 6.21. The van der Waals surface area contributed by atoms with Crippen LogP contribution in [0.4, 0.5) is 0 Å². The number of thioether (sulfide) groups is 1. The maximum atomic E-state index is 6.21. The maximum Gasteiger partial charge on any atom is 0.209 e. The summed E-state index contributed by atoms with van der Waals surface area (Å²) in [5, 5.41) is 16.3. The SMILES string of the molecule is COc1cc(CNCCSc2nnnn2C)cc(Br)c1OCc1ccccc1Cl. The van der Waals surface area contributed by atoms with Gasteiger partial charge in [-0.25, -0.2) is 4.68 Å². The van der Waals surface area contributed by atoms with Gasteiger partial charge in [0.05, 0.1) is 11.6 Å². The zero-order valence-corrected chi connectivity index (χ0v) is 19.2. The second-order valence-corrected chi connectivity index (χ2v) is 8.42. The minimum absolute atomic E-state index is 0.361. The molecule has 0 aliphatic carbocycles. The molecule has 0 bridgehead atoms. The molecule has 0 unspecified atom stereocenters. The Morgan fingerprint density at radius 1 is 1.28 bits per heavy atom. The topological polar surface area (TPSA) is 74.1 Å². The number of aryl methyl sites for hydroxylation is 1. The van der Waals surface area contributed by atoms with Crippen LogP contribution in [0.3, 0.4) is 0 Å². The first kappa shape index (κ1) is 21.9. The predicted octanol–water partition coefficient (Wildman–Crippen LogP) is 4.10. The molecule has 10 heteroatoms. The Hall–Kier alpha value is -1.81. The zero-order chi connectivity index (χ0) is 20.6. The van der Waals surface area contributed by atoms with Crippen molar-refractivity contribution in [3.63, 3.8) is 0 Å². The fourth-order valence-electron chi connectivity index (χ4n) is 2.57. The van der Waals surface area contributed by atoms with Crippen molar-refractivity contribution < 1.29 is 9.47 Å². The van der Waals surface area contributed by atoms with E-state index in [1.165, 1.54) is 0 Å². The number of benzene rings is 2. The van der Waals surface area contributed by atoms with Gasteiger partial charge in [0.25, 0.3) is 0 Å². The van der Waals surface area contributed by atoms with Crippen molar-refractivity contribution >= 4 is 39.3 Å². The van der Waals surface area contributed by atoms with Crippen LogP contribution in [0.5, 0.6) is 11.5 Å². The van der Waals surface area contributed by atoms with E-state index in [9.17, 15) is 0 Å². The van der Waals surface area contributed by atoms with E-state index in [2.05, 4.69) is 36.8 Å². The highest BCUT2D eigenvalue weighted by Crippen LogP contribution is 2.37. The molecule has 0 saturated heterocycles. The first-order valence-electron chi connectivity index (χ1n) is 8.87. The number of nitrogens with one attached hydrogen (secondary N) is 1. The van der Waals surface area contributed by atoms with Crippen molar-refractivity contribution in [1.29, 1.82) is 0 Å². The highest BCUT2D eigenvalue weighted by Gasteiger charge is 2.13. The van der Waals surface area contributed by atoms with Crippen LogP contribution < -0.4 is 14.8 Å². The Bertz CT molecular complexity index is 956. The van der Waals surface area contributed by atoms with Gasteiger partial charge in [0, 0.05) is 36.5 Å². The highest BCUT2D eigenvalue weighted by atomic mass is 79.9. The molecule has 3 aromatic rings. The Morgan fingerprint density at radius 3 is 2.83 bits per heavy atom. The zero-order valence-electron chi connectivity index (χ0n) is 16.1. The summed E-state index contributed by atoms with van der Waals surface area (Å²) in [5.41, 5.74) is 2.01. The van der Waals surface area contributed by atoms with Gasteiger partial charge in [-0.05, 0) is 50.1 Å². The fourth-order valence-corrected chi connectivity index (χ4v) is 4.11. The molecule has 0 saturated carbocycles. The summed E-state index contributed by atoms with van der Waals surface area (Å²) in [4.78, 5) is 0. The van der Waals surface area contributed by atoms with Gasteiger partial charge in [-0.15, -0.1) is 5.10 Å². The van der Waals surface area contributed by atoms with Crippen molar-refractivity contribution in [2.45, 2.75) is 18.3 Å². The number of methoxy groups -OCH3 is 1. The number of nitrogens with zero attached hydrogens (tertiary/aromatic N) is 4. The average molecular weight is 499 g/mol. The van der Waals surface area contributed by atoms with Gasteiger partial charge in [0.15, 0.2) is 11.5 Å². The van der Waals surface area contributed by atoms with Gasteiger partial charge in [-0.2, -0.15) is 0 Å². The summed E-state index contributed by atoms with van der Waals surface area (Å²) in [5.74, 6) is 2.19. The summed E-state index contributed by atoms with van der Waals surface area (Å²) >= 11 is 11.4. The summed E-state index contributed by atoms with van der Waals surface area (Å²) < 4.78 is 14.0. The molecular weight excluding hydrogens is 478 g/mol. The molecule has 154 valence electrons. The second-order valence-electron chi connectivity index (χ2n) is 6.10. The third-order valence-corrected chi connectivity index (χ3v) is 6.01. The van der Waals surface area contributed by atoms with E-state index in [0.29, 0.717) is 29.7 Å². The minimum atomic E-state index is 0.361. The lowest BCUT2D eigenvalue weighted by Gasteiger charge is -2.15. The van der Waals surface area contributed by atoms with Crippen LogP contribution in [0.2, 0.25) is 5.02 Å². The molecule has 0 amide bonds. The predicted molar refractivity (Wildman–Crippen MR) is 118 cm³/mol. The van der Waals surface area contributed by atoms with Gasteiger partial charge in [-0.3, -0.25) is 0 Å². The number of aromatic nitrogens is 4. The Labute approximate surface area is 187 Å². The Balaban J connectivity index is 1.55. The summed E-state index contributed by atoms with van der Waals surface area (Å²) in [6.07, 6.45) is 0. The van der Waals surface area contributed by atoms with Crippen LogP contribution in [0.25, 0.3) is 0 Å². The highest BCUT2D eigenvalue weighted by molar-refractivity contribution is 9.10. The molecule has 7 nitrogen and oxygen atoms in total. The number of halogens is 2. The van der Waals surface area contributed by atoms with Crippen LogP contribution in [0, 0.1) is 0 Å². The monoisotopic (exact) mass is 497 g/mol. The van der Waals surface area contributed by atoms with Crippen LogP contribution in [-0.4, -0.2) is 39.6 Å². The molecule has 0 aliphatic rings. The molecule has 1 heterocycles. The molecule has 3 rings (SSSR count). The number of hydrogen-bond donors (Lipinski definition) is 1. The van der Waals surface area contributed by atoms with Crippen molar-refractivity contribution in [1.82, 2.24) is 25.5 Å². The van der Waals surface area contributed by atoms with Gasteiger partial charge in [0.1, 0.15) is 6.61 Å². The Kier molecular flexibility index (Phi) is 8.17. The van der Waals surface area contributed by atoms with Crippen LogP contribution in [-0.2, 0) is 20.2 Å². The molecule has 29 heavy (non-hydrogen) atoms. The average Bonchev–Trinajstić information content (AvgIpc) is 3.12. The molecule has 1 N–H and O–H groups in total. The molecule has 0 spiro atoms. The van der Waals surface area contributed by atoms with Crippen molar-refractivity contribution in [3.8, 4) is 11.5 Å². The second kappa shape index (κ2) is 10.8. The third kappa shape index (κ3) is 6.08. The smallest absolute Gasteiger partial charge is 0.209 e. The van der Waals surface area contributed by atoms with Crippen LogP contribution in [0.1, 0.15) is 11.1 Å². The molecule has 0 radical (unpaired) electrons. The van der Waals surface area contributed by atoms with Gasteiger partial charge in [-0.1, -0.05) is 41.6 Å². The molecule has 0 aliphatic heterocycles. The first-order chi connectivity index (χ1) is 14.1. The fraction of sp³-hybridized carbons (Fsp3) is 0.316. The first-order valence-corrected chi connectivity index (χ1v) is 11.0. The normalized spacial score (nSPS) is 10.9. The van der Waals surface area contributed by atoms with E-state index in [1.807, 2.05) is 43.4 Å². The molecule has 1 aromatic heterocycles. The van der Waals surface area contributed by atoms with Gasteiger partial charge < -0.3 is 14.8 Å². The minimum Gasteiger partial charge on any atom is -0.493 e. The van der Waals surface area contributed by atoms with E-state index >= 15 is 0 Å². The summed E-state index contributed by atoms with van der Waals surface area (Å²) in [7, 11) is 3.46. The molecule has 0 fully saturated rings. The van der Waals surface area contributed by atoms with E-state index in [-0.39, 0.29) is 0 Å². The standard InChI is InChI=1S/C19H21BrClN5O2S/c1-26-19(23-24-25-26)29-8-7-22-11-13-9-15(20)18(17(10-13)27-2)28-12-14-5-3-4-6-16(14)21/h3-6,9-10,22H,7-8,11-12H2,1-2H3. The van der Waals surface area contributed by atoms with Crippen LogP contribution >= 0.6 is 39.3 Å². The lowest BCUT2D eigenvalue weighted by molar-refractivity contribution is 0.282. The summed E-state index contributed by atoms with van der Waals surface area (Å²) in [6.45, 7) is 1.89. The Morgan fingerprint density at radius 2 is 2.10 bits per heavy atom. The van der Waals surface area contributed by atoms with Crippen molar-refractivity contribution in [2.75, 3.05) is 19.4 Å². The number of hydrogen-bond acceptors (Lipinski definition) is 7. The van der Waals surface area contributed by atoms with E-state index in [0.717, 1.165) is 33.1 Å². The third-order valence-electron chi connectivity index (χ3n) is 4.04. The number of rotatable bonds is 10. The van der Waals surface area contributed by atoms with Gasteiger partial charge >= 0.3 is 0 Å². The quantitative estimate of drug-likeness (QED) is 0.333. The van der Waals surface area contributed by atoms with Gasteiger partial charge in [0.2, 0.25) is 5.16 Å². The van der Waals surface area contributed by atoms with E-state index < -0.39 is 0 Å². The van der Waals surface area contributed by atoms with Crippen molar-refractivity contribution in [2.24, 2.45) is 7.05 Å². The van der Waals surface area contributed by atoms with E-state index in [4.69, 9.17) is 21.1 Å². The lowest BCUT2D eigenvalue weighted by atomic mass is 10.2. The molecule has 2 aromatic carbocycles. The number of ether oxygens (including phenoxy) is 2. The molecule has 0 atom stereocenters. The van der Waals surface area contributed by atoms with Crippen molar-refractivity contribution in [3.05, 3.63) is 57.0 Å².